The molecule has 0 fully saturated rings. The molecule has 4 rings (SSSR count). The SMILES string of the molecule is Cn1ccc2c(NC(=O)Cc3csc(-c4ccccc4F)n3)cccc21. The second kappa shape index (κ2) is 6.72. The smallest absolute Gasteiger partial charge is 0.230 e. The first-order valence-electron chi connectivity index (χ1n) is 8.15. The molecule has 1 N–H and O–H groups in total. The van der Waals surface area contributed by atoms with Crippen molar-refractivity contribution in [2.75, 3.05) is 5.32 Å². The predicted molar refractivity (Wildman–Crippen MR) is 103 cm³/mol. The third-order valence-corrected chi connectivity index (χ3v) is 5.12. The average molecular weight is 365 g/mol. The van der Waals surface area contributed by atoms with Crippen molar-refractivity contribution in [1.29, 1.82) is 0 Å². The average Bonchev–Trinajstić information content (AvgIpc) is 3.23. The molecule has 2 aromatic carbocycles. The Bertz CT molecular complexity index is 1100. The fourth-order valence-electron chi connectivity index (χ4n) is 2.92. The molecule has 0 atom stereocenters. The van der Waals surface area contributed by atoms with E-state index in [1.807, 2.05) is 42.1 Å². The van der Waals surface area contributed by atoms with Crippen LogP contribution >= 0.6 is 11.3 Å². The van der Waals surface area contributed by atoms with Crippen molar-refractivity contribution >= 4 is 33.8 Å². The molecule has 4 aromatic rings. The molecule has 0 aliphatic rings. The Morgan fingerprint density at radius 1 is 1.19 bits per heavy atom. The lowest BCUT2D eigenvalue weighted by molar-refractivity contribution is -0.115. The van der Waals surface area contributed by atoms with E-state index in [2.05, 4.69) is 10.3 Å². The monoisotopic (exact) mass is 365 g/mol. The van der Waals surface area contributed by atoms with E-state index in [4.69, 9.17) is 0 Å². The van der Waals surface area contributed by atoms with Gasteiger partial charge in [-0.1, -0.05) is 18.2 Å². The van der Waals surface area contributed by atoms with Gasteiger partial charge in [0.25, 0.3) is 0 Å². The molecule has 6 heteroatoms. The molecule has 0 unspecified atom stereocenters. The van der Waals surface area contributed by atoms with Gasteiger partial charge in [0.1, 0.15) is 10.8 Å². The minimum Gasteiger partial charge on any atom is -0.350 e. The fraction of sp³-hybridized carbons (Fsp3) is 0.100. The number of hydrogen-bond acceptors (Lipinski definition) is 3. The van der Waals surface area contributed by atoms with Gasteiger partial charge in [-0.25, -0.2) is 9.37 Å². The van der Waals surface area contributed by atoms with Gasteiger partial charge < -0.3 is 9.88 Å². The van der Waals surface area contributed by atoms with Crippen LogP contribution in [-0.4, -0.2) is 15.5 Å². The highest BCUT2D eigenvalue weighted by molar-refractivity contribution is 7.13. The first-order valence-corrected chi connectivity index (χ1v) is 9.03. The maximum absolute atomic E-state index is 13.9. The van der Waals surface area contributed by atoms with Crippen molar-refractivity contribution in [3.05, 3.63) is 71.6 Å². The number of amides is 1. The van der Waals surface area contributed by atoms with Crippen LogP contribution < -0.4 is 5.32 Å². The molecule has 2 heterocycles. The number of benzene rings is 2. The lowest BCUT2D eigenvalue weighted by atomic mass is 10.2. The van der Waals surface area contributed by atoms with Crippen LogP contribution in [0.1, 0.15) is 5.69 Å². The Balaban J connectivity index is 1.51. The lowest BCUT2D eigenvalue weighted by Crippen LogP contribution is -2.14. The zero-order chi connectivity index (χ0) is 18.1. The number of nitrogens with zero attached hydrogens (tertiary/aromatic N) is 2. The summed E-state index contributed by atoms with van der Waals surface area (Å²) < 4.78 is 15.9. The van der Waals surface area contributed by atoms with Gasteiger partial charge in [-0.2, -0.15) is 0 Å². The summed E-state index contributed by atoms with van der Waals surface area (Å²) in [6, 6.07) is 14.3. The van der Waals surface area contributed by atoms with Crippen LogP contribution in [-0.2, 0) is 18.3 Å². The summed E-state index contributed by atoms with van der Waals surface area (Å²) in [4.78, 5) is 16.8. The van der Waals surface area contributed by atoms with Gasteiger partial charge in [0.2, 0.25) is 5.91 Å². The van der Waals surface area contributed by atoms with Crippen LogP contribution in [0, 0.1) is 5.82 Å². The number of aromatic nitrogens is 2. The molecule has 0 bridgehead atoms. The summed E-state index contributed by atoms with van der Waals surface area (Å²) in [7, 11) is 1.97. The lowest BCUT2D eigenvalue weighted by Gasteiger charge is -2.06. The van der Waals surface area contributed by atoms with Crippen molar-refractivity contribution in [2.45, 2.75) is 6.42 Å². The zero-order valence-corrected chi connectivity index (χ0v) is 14.9. The topological polar surface area (TPSA) is 46.9 Å². The minimum absolute atomic E-state index is 0.147. The number of thiazole rings is 1. The van der Waals surface area contributed by atoms with Crippen molar-refractivity contribution < 1.29 is 9.18 Å². The van der Waals surface area contributed by atoms with Crippen LogP contribution in [0.3, 0.4) is 0 Å². The van der Waals surface area contributed by atoms with Gasteiger partial charge in [0.05, 0.1) is 17.8 Å². The van der Waals surface area contributed by atoms with E-state index in [-0.39, 0.29) is 18.1 Å². The number of hydrogen-bond donors (Lipinski definition) is 1. The number of rotatable bonds is 4. The molecule has 26 heavy (non-hydrogen) atoms. The molecule has 0 saturated heterocycles. The standard InChI is InChI=1S/C20H16FN3OS/c1-24-10-9-15-17(7-4-8-18(15)24)23-19(25)11-13-12-26-20(22-13)14-5-2-3-6-16(14)21/h2-10,12H,11H2,1H3,(H,23,25). The third kappa shape index (κ3) is 3.11. The molecule has 4 nitrogen and oxygen atoms in total. The van der Waals surface area contributed by atoms with Gasteiger partial charge in [-0.3, -0.25) is 4.79 Å². The quantitative estimate of drug-likeness (QED) is 0.573. The van der Waals surface area contributed by atoms with E-state index < -0.39 is 0 Å². The number of halogens is 1. The van der Waals surface area contributed by atoms with E-state index in [0.717, 1.165) is 16.6 Å². The number of anilines is 1. The number of fused-ring (bicyclic) bond motifs is 1. The largest absolute Gasteiger partial charge is 0.350 e. The molecule has 130 valence electrons. The summed E-state index contributed by atoms with van der Waals surface area (Å²) in [5.41, 5.74) is 2.92. The van der Waals surface area contributed by atoms with Crippen LogP contribution in [0.15, 0.2) is 60.1 Å². The van der Waals surface area contributed by atoms with Gasteiger partial charge in [0, 0.05) is 35.1 Å². The second-order valence-corrected chi connectivity index (χ2v) is 6.87. The normalized spacial score (nSPS) is 11.0. The number of aryl methyl sites for hydroxylation is 1. The van der Waals surface area contributed by atoms with Gasteiger partial charge in [0.15, 0.2) is 0 Å². The molecule has 2 aromatic heterocycles. The van der Waals surface area contributed by atoms with Crippen LogP contribution in [0.4, 0.5) is 10.1 Å². The molecule has 1 amide bonds. The molecular weight excluding hydrogens is 349 g/mol. The van der Waals surface area contributed by atoms with Crippen molar-refractivity contribution in [2.24, 2.45) is 7.05 Å². The van der Waals surface area contributed by atoms with Crippen LogP contribution in [0.2, 0.25) is 0 Å². The van der Waals surface area contributed by atoms with Crippen molar-refractivity contribution in [1.82, 2.24) is 9.55 Å². The van der Waals surface area contributed by atoms with E-state index in [0.29, 0.717) is 16.3 Å². The first-order chi connectivity index (χ1) is 12.6. The molecular formula is C20H16FN3OS. The zero-order valence-electron chi connectivity index (χ0n) is 14.1. The van der Waals surface area contributed by atoms with Crippen LogP contribution in [0.25, 0.3) is 21.5 Å². The second-order valence-electron chi connectivity index (χ2n) is 6.01. The first kappa shape index (κ1) is 16.5. The highest BCUT2D eigenvalue weighted by atomic mass is 32.1. The van der Waals surface area contributed by atoms with Crippen molar-refractivity contribution in [3.8, 4) is 10.6 Å². The van der Waals surface area contributed by atoms with Crippen LogP contribution in [0.5, 0.6) is 0 Å². The minimum atomic E-state index is -0.311. The van der Waals surface area contributed by atoms with Gasteiger partial charge in [-0.15, -0.1) is 11.3 Å². The maximum atomic E-state index is 13.9. The third-order valence-electron chi connectivity index (χ3n) is 4.20. The highest BCUT2D eigenvalue weighted by Crippen LogP contribution is 2.27. The molecule has 0 aliphatic heterocycles. The maximum Gasteiger partial charge on any atom is 0.230 e. The Labute approximate surface area is 153 Å². The summed E-state index contributed by atoms with van der Waals surface area (Å²) in [5, 5.41) is 6.32. The Morgan fingerprint density at radius 2 is 2.04 bits per heavy atom. The highest BCUT2D eigenvalue weighted by Gasteiger charge is 2.13. The number of nitrogens with one attached hydrogen (secondary N) is 1. The number of carbonyl (C=O) groups excluding carboxylic acids is 1. The van der Waals surface area contributed by atoms with E-state index >= 15 is 0 Å². The van der Waals surface area contributed by atoms with Crippen molar-refractivity contribution in [3.63, 3.8) is 0 Å². The van der Waals surface area contributed by atoms with Gasteiger partial charge in [-0.05, 0) is 30.3 Å². The molecule has 0 spiro atoms. The molecule has 0 aliphatic carbocycles. The number of carbonyl (C=O) groups is 1. The van der Waals surface area contributed by atoms with E-state index in [1.54, 1.807) is 23.6 Å². The molecule has 0 saturated carbocycles. The Hall–Kier alpha value is -2.99. The summed E-state index contributed by atoms with van der Waals surface area (Å²) in [6.07, 6.45) is 2.11. The molecule has 0 radical (unpaired) electrons. The fourth-order valence-corrected chi connectivity index (χ4v) is 3.76. The van der Waals surface area contributed by atoms with E-state index in [9.17, 15) is 9.18 Å². The summed E-state index contributed by atoms with van der Waals surface area (Å²) in [6.45, 7) is 0. The van der Waals surface area contributed by atoms with E-state index in [1.165, 1.54) is 17.4 Å². The predicted octanol–water partition coefficient (Wildman–Crippen LogP) is 4.62. The Kier molecular flexibility index (Phi) is 4.26. The Morgan fingerprint density at radius 3 is 2.88 bits per heavy atom. The summed E-state index contributed by atoms with van der Waals surface area (Å²) >= 11 is 1.34. The summed E-state index contributed by atoms with van der Waals surface area (Å²) in [5.74, 6) is -0.458. The van der Waals surface area contributed by atoms with Gasteiger partial charge >= 0.3 is 0 Å².